The van der Waals surface area contributed by atoms with Gasteiger partial charge in [-0.1, -0.05) is 23.7 Å². The first-order valence-electron chi connectivity index (χ1n) is 5.71. The SMILES string of the molecule is COC(=O)C1NC(c2ccc(Cl)cc2)SC1(C)C. The maximum Gasteiger partial charge on any atom is 0.324 e. The van der Waals surface area contributed by atoms with Crippen LogP contribution in [0.3, 0.4) is 0 Å². The molecule has 3 nitrogen and oxygen atoms in total. The van der Waals surface area contributed by atoms with E-state index in [1.807, 2.05) is 38.1 Å². The van der Waals surface area contributed by atoms with E-state index in [0.717, 1.165) is 5.56 Å². The first-order valence-corrected chi connectivity index (χ1v) is 6.97. The van der Waals surface area contributed by atoms with Gasteiger partial charge in [-0.2, -0.15) is 0 Å². The van der Waals surface area contributed by atoms with E-state index in [1.54, 1.807) is 11.8 Å². The van der Waals surface area contributed by atoms with Gasteiger partial charge in [-0.15, -0.1) is 11.8 Å². The van der Waals surface area contributed by atoms with Crippen LogP contribution in [0.15, 0.2) is 24.3 Å². The van der Waals surface area contributed by atoms with Crippen LogP contribution in [0.25, 0.3) is 0 Å². The third-order valence-electron chi connectivity index (χ3n) is 3.04. The molecule has 0 saturated carbocycles. The fraction of sp³-hybridized carbons (Fsp3) is 0.462. The van der Waals surface area contributed by atoms with Crippen molar-refractivity contribution in [2.24, 2.45) is 0 Å². The Morgan fingerprint density at radius 1 is 1.39 bits per heavy atom. The zero-order valence-corrected chi connectivity index (χ0v) is 12.1. The van der Waals surface area contributed by atoms with Crippen LogP contribution in [0.2, 0.25) is 5.02 Å². The molecule has 0 amide bonds. The second-order valence-electron chi connectivity index (χ2n) is 4.78. The Morgan fingerprint density at radius 2 is 2.00 bits per heavy atom. The molecule has 18 heavy (non-hydrogen) atoms. The first-order chi connectivity index (χ1) is 8.44. The molecular weight excluding hydrogens is 270 g/mol. The maximum absolute atomic E-state index is 11.7. The highest BCUT2D eigenvalue weighted by Gasteiger charge is 2.46. The van der Waals surface area contributed by atoms with E-state index in [0.29, 0.717) is 5.02 Å². The van der Waals surface area contributed by atoms with Crippen molar-refractivity contribution in [3.63, 3.8) is 0 Å². The molecule has 0 radical (unpaired) electrons. The summed E-state index contributed by atoms with van der Waals surface area (Å²) in [5.74, 6) is -0.219. The molecule has 1 saturated heterocycles. The Kier molecular flexibility index (Phi) is 3.90. The quantitative estimate of drug-likeness (QED) is 0.848. The molecule has 1 aliphatic rings. The van der Waals surface area contributed by atoms with Gasteiger partial charge in [-0.3, -0.25) is 10.1 Å². The van der Waals surface area contributed by atoms with Gasteiger partial charge in [-0.05, 0) is 31.5 Å². The summed E-state index contributed by atoms with van der Waals surface area (Å²) in [7, 11) is 1.42. The molecule has 1 N–H and O–H groups in total. The number of rotatable bonds is 2. The van der Waals surface area contributed by atoms with Crippen LogP contribution in [-0.2, 0) is 9.53 Å². The Labute approximate surface area is 116 Å². The van der Waals surface area contributed by atoms with Crippen LogP contribution in [0, 0.1) is 0 Å². The lowest BCUT2D eigenvalue weighted by molar-refractivity contribution is -0.143. The molecule has 0 aliphatic carbocycles. The van der Waals surface area contributed by atoms with Crippen LogP contribution in [-0.4, -0.2) is 23.9 Å². The molecule has 2 rings (SSSR count). The van der Waals surface area contributed by atoms with Gasteiger partial charge in [0.05, 0.1) is 12.5 Å². The Hall–Kier alpha value is -0.710. The normalized spacial score (nSPS) is 26.0. The number of nitrogens with one attached hydrogen (secondary N) is 1. The zero-order valence-electron chi connectivity index (χ0n) is 10.6. The Morgan fingerprint density at radius 3 is 2.56 bits per heavy atom. The molecule has 1 aromatic rings. The molecule has 1 heterocycles. The molecule has 5 heteroatoms. The Bertz CT molecular complexity index is 447. The number of hydrogen-bond donors (Lipinski definition) is 1. The van der Waals surface area contributed by atoms with Crippen molar-refractivity contribution in [1.29, 1.82) is 0 Å². The topological polar surface area (TPSA) is 38.3 Å². The summed E-state index contributed by atoms with van der Waals surface area (Å²) >= 11 is 7.60. The van der Waals surface area contributed by atoms with Crippen molar-refractivity contribution >= 4 is 29.3 Å². The number of thioether (sulfide) groups is 1. The zero-order chi connectivity index (χ0) is 13.3. The average Bonchev–Trinajstić information content (AvgIpc) is 2.65. The number of esters is 1. The highest BCUT2D eigenvalue weighted by Crippen LogP contribution is 2.45. The average molecular weight is 286 g/mol. The van der Waals surface area contributed by atoms with Gasteiger partial charge in [0.25, 0.3) is 0 Å². The van der Waals surface area contributed by atoms with Gasteiger partial charge in [0.2, 0.25) is 0 Å². The Balaban J connectivity index is 2.19. The molecule has 0 aromatic heterocycles. The van der Waals surface area contributed by atoms with Gasteiger partial charge in [0.15, 0.2) is 0 Å². The molecule has 1 aliphatic heterocycles. The third-order valence-corrected chi connectivity index (χ3v) is 4.78. The van der Waals surface area contributed by atoms with E-state index in [2.05, 4.69) is 5.32 Å². The number of methoxy groups -OCH3 is 1. The van der Waals surface area contributed by atoms with Gasteiger partial charge in [0.1, 0.15) is 6.04 Å². The fourth-order valence-electron chi connectivity index (χ4n) is 2.03. The lowest BCUT2D eigenvalue weighted by atomic mass is 10.0. The van der Waals surface area contributed by atoms with Crippen molar-refractivity contribution in [3.8, 4) is 0 Å². The van der Waals surface area contributed by atoms with Gasteiger partial charge in [0, 0.05) is 9.77 Å². The molecule has 2 atom stereocenters. The number of halogens is 1. The minimum absolute atomic E-state index is 0.0846. The maximum atomic E-state index is 11.7. The van der Waals surface area contributed by atoms with E-state index in [1.165, 1.54) is 7.11 Å². The van der Waals surface area contributed by atoms with Crippen molar-refractivity contribution in [2.45, 2.75) is 30.0 Å². The summed E-state index contributed by atoms with van der Waals surface area (Å²) in [6, 6.07) is 7.37. The second kappa shape index (κ2) is 5.11. The van der Waals surface area contributed by atoms with Crippen LogP contribution >= 0.6 is 23.4 Å². The number of benzene rings is 1. The lowest BCUT2D eigenvalue weighted by Crippen LogP contribution is -2.44. The fourth-order valence-corrected chi connectivity index (χ4v) is 3.56. The smallest absolute Gasteiger partial charge is 0.324 e. The second-order valence-corrected chi connectivity index (χ2v) is 6.97. The highest BCUT2D eigenvalue weighted by molar-refractivity contribution is 8.01. The number of ether oxygens (including phenoxy) is 1. The van der Waals surface area contributed by atoms with Crippen LogP contribution < -0.4 is 5.32 Å². The predicted molar refractivity (Wildman–Crippen MR) is 74.8 cm³/mol. The highest BCUT2D eigenvalue weighted by atomic mass is 35.5. The molecule has 2 unspecified atom stereocenters. The van der Waals surface area contributed by atoms with Crippen LogP contribution in [0.1, 0.15) is 24.8 Å². The largest absolute Gasteiger partial charge is 0.468 e. The molecule has 0 bridgehead atoms. The number of carbonyl (C=O) groups excluding carboxylic acids is 1. The molecule has 98 valence electrons. The van der Waals surface area contributed by atoms with Crippen LogP contribution in [0.4, 0.5) is 0 Å². The van der Waals surface area contributed by atoms with E-state index < -0.39 is 0 Å². The van der Waals surface area contributed by atoms with E-state index in [9.17, 15) is 4.79 Å². The van der Waals surface area contributed by atoms with Gasteiger partial charge < -0.3 is 4.74 Å². The predicted octanol–water partition coefficient (Wildman–Crippen LogP) is 3.00. The van der Waals surface area contributed by atoms with Crippen molar-refractivity contribution < 1.29 is 9.53 Å². The standard InChI is InChI=1S/C13H16ClNO2S/c1-13(2)10(12(16)17-3)15-11(18-13)8-4-6-9(14)7-5-8/h4-7,10-11,15H,1-3H3. The molecule has 0 spiro atoms. The third kappa shape index (κ3) is 2.66. The van der Waals surface area contributed by atoms with Crippen molar-refractivity contribution in [2.75, 3.05) is 7.11 Å². The summed E-state index contributed by atoms with van der Waals surface area (Å²) < 4.78 is 4.64. The summed E-state index contributed by atoms with van der Waals surface area (Å²) in [6.07, 6.45) is 0. The van der Waals surface area contributed by atoms with Crippen molar-refractivity contribution in [1.82, 2.24) is 5.32 Å². The van der Waals surface area contributed by atoms with Crippen LogP contribution in [0.5, 0.6) is 0 Å². The van der Waals surface area contributed by atoms with Crippen molar-refractivity contribution in [3.05, 3.63) is 34.9 Å². The minimum atomic E-state index is -0.298. The van der Waals surface area contributed by atoms with E-state index >= 15 is 0 Å². The van der Waals surface area contributed by atoms with Gasteiger partial charge in [-0.25, -0.2) is 0 Å². The van der Waals surface area contributed by atoms with E-state index in [4.69, 9.17) is 16.3 Å². The minimum Gasteiger partial charge on any atom is -0.468 e. The lowest BCUT2D eigenvalue weighted by Gasteiger charge is -2.22. The summed E-state index contributed by atoms with van der Waals surface area (Å²) in [5, 5.41) is 4.11. The summed E-state index contributed by atoms with van der Waals surface area (Å²) in [5.41, 5.74) is 1.11. The van der Waals surface area contributed by atoms with Gasteiger partial charge >= 0.3 is 5.97 Å². The first kappa shape index (κ1) is 13.7. The number of hydrogen-bond acceptors (Lipinski definition) is 4. The molecule has 1 aromatic carbocycles. The monoisotopic (exact) mass is 285 g/mol. The molecular formula is C13H16ClNO2S. The molecule has 1 fully saturated rings. The number of carbonyl (C=O) groups is 1. The summed E-state index contributed by atoms with van der Waals surface area (Å²) in [4.78, 5) is 11.7. The van der Waals surface area contributed by atoms with E-state index in [-0.39, 0.29) is 22.1 Å². The summed E-state index contributed by atoms with van der Waals surface area (Å²) in [6.45, 7) is 4.09.